The quantitative estimate of drug-likeness (QED) is 0.415. The van der Waals surface area contributed by atoms with Crippen LogP contribution in [0.2, 0.25) is 5.02 Å². The minimum Gasteiger partial charge on any atom is -0.482 e. The van der Waals surface area contributed by atoms with Gasteiger partial charge in [0.25, 0.3) is 0 Å². The van der Waals surface area contributed by atoms with Crippen LogP contribution in [0.3, 0.4) is 0 Å². The van der Waals surface area contributed by atoms with E-state index >= 15 is 0 Å². The molecule has 4 nitrogen and oxygen atoms in total. The van der Waals surface area contributed by atoms with Crippen LogP contribution in [-0.4, -0.2) is 18.4 Å². The number of benzene rings is 2. The Morgan fingerprint density at radius 3 is 2.32 bits per heavy atom. The van der Waals surface area contributed by atoms with Crippen LogP contribution in [0, 0.1) is 6.92 Å². The predicted molar refractivity (Wildman–Crippen MR) is 97.9 cm³/mol. The highest BCUT2D eigenvalue weighted by molar-refractivity contribution is 6.31. The zero-order valence-electron chi connectivity index (χ0n) is 14.8. The number of halogens is 1. The molecule has 0 N–H and O–H groups in total. The number of esters is 1. The van der Waals surface area contributed by atoms with Crippen LogP contribution in [0.1, 0.15) is 48.2 Å². The number of carbonyl (C=O) groups excluding carboxylic acids is 2. The van der Waals surface area contributed by atoms with Crippen LogP contribution in [0.25, 0.3) is 0 Å². The van der Waals surface area contributed by atoms with Crippen LogP contribution in [0.15, 0.2) is 36.4 Å². The highest BCUT2D eigenvalue weighted by Crippen LogP contribution is 2.32. The average Bonchev–Trinajstić information content (AvgIpc) is 2.55. The maximum absolute atomic E-state index is 12.0. The van der Waals surface area contributed by atoms with E-state index < -0.39 is 5.97 Å². The lowest BCUT2D eigenvalue weighted by molar-refractivity contribution is -0.136. The average molecular weight is 361 g/mol. The van der Waals surface area contributed by atoms with Gasteiger partial charge in [0.05, 0.1) is 0 Å². The van der Waals surface area contributed by atoms with Gasteiger partial charge in [-0.15, -0.1) is 0 Å². The number of hydrogen-bond acceptors (Lipinski definition) is 4. The SMILES string of the molecule is CC(=O)c1ccc(OC(=O)COc2cc(C)c(Cl)cc2C(C)C)cc1. The van der Waals surface area contributed by atoms with Gasteiger partial charge in [-0.05, 0) is 67.3 Å². The van der Waals surface area contributed by atoms with Crippen molar-refractivity contribution in [3.63, 3.8) is 0 Å². The molecule has 0 aromatic heterocycles. The molecule has 132 valence electrons. The number of hydrogen-bond donors (Lipinski definition) is 0. The second-order valence-corrected chi connectivity index (χ2v) is 6.54. The molecule has 0 unspecified atom stereocenters. The minimum absolute atomic E-state index is 0.0412. The van der Waals surface area contributed by atoms with Crippen molar-refractivity contribution in [1.82, 2.24) is 0 Å². The van der Waals surface area contributed by atoms with Gasteiger partial charge in [-0.1, -0.05) is 25.4 Å². The molecule has 2 rings (SSSR count). The molecule has 0 saturated heterocycles. The second-order valence-electron chi connectivity index (χ2n) is 6.14. The number of aryl methyl sites for hydroxylation is 1. The fourth-order valence-corrected chi connectivity index (χ4v) is 2.47. The van der Waals surface area contributed by atoms with E-state index in [0.717, 1.165) is 11.1 Å². The second kappa shape index (κ2) is 8.17. The molecule has 0 aliphatic carbocycles. The Balaban J connectivity index is 2.02. The summed E-state index contributed by atoms with van der Waals surface area (Å²) in [5, 5.41) is 0.671. The highest BCUT2D eigenvalue weighted by Gasteiger charge is 2.13. The molecule has 0 aliphatic heterocycles. The first kappa shape index (κ1) is 19.0. The van der Waals surface area contributed by atoms with Crippen LogP contribution >= 0.6 is 11.6 Å². The molecule has 0 aliphatic rings. The fourth-order valence-electron chi connectivity index (χ4n) is 2.30. The van der Waals surface area contributed by atoms with Crippen LogP contribution in [-0.2, 0) is 4.79 Å². The van der Waals surface area contributed by atoms with Crippen molar-refractivity contribution in [2.75, 3.05) is 6.61 Å². The molecule has 0 bridgehead atoms. The summed E-state index contributed by atoms with van der Waals surface area (Å²) in [6.45, 7) is 7.21. The van der Waals surface area contributed by atoms with Gasteiger partial charge >= 0.3 is 5.97 Å². The Kier molecular flexibility index (Phi) is 6.21. The molecule has 0 spiro atoms. The predicted octanol–water partition coefficient (Wildman–Crippen LogP) is 4.96. The van der Waals surface area contributed by atoms with E-state index in [4.69, 9.17) is 21.1 Å². The molecular weight excluding hydrogens is 340 g/mol. The first-order valence-electron chi connectivity index (χ1n) is 8.02. The van der Waals surface area contributed by atoms with E-state index in [1.165, 1.54) is 6.92 Å². The lowest BCUT2D eigenvalue weighted by Crippen LogP contribution is -2.18. The Morgan fingerprint density at radius 2 is 1.76 bits per heavy atom. The van der Waals surface area contributed by atoms with Crippen molar-refractivity contribution < 1.29 is 19.1 Å². The van der Waals surface area contributed by atoms with Crippen molar-refractivity contribution in [1.29, 1.82) is 0 Å². The minimum atomic E-state index is -0.516. The van der Waals surface area contributed by atoms with Crippen LogP contribution < -0.4 is 9.47 Å². The molecule has 2 aromatic carbocycles. The van der Waals surface area contributed by atoms with Gasteiger partial charge in [0.1, 0.15) is 11.5 Å². The summed E-state index contributed by atoms with van der Waals surface area (Å²) in [4.78, 5) is 23.2. The molecule has 25 heavy (non-hydrogen) atoms. The zero-order valence-corrected chi connectivity index (χ0v) is 15.5. The summed E-state index contributed by atoms with van der Waals surface area (Å²) in [6, 6.07) is 10.1. The largest absolute Gasteiger partial charge is 0.482 e. The molecule has 5 heteroatoms. The zero-order chi connectivity index (χ0) is 18.6. The Morgan fingerprint density at radius 1 is 1.12 bits per heavy atom. The third-order valence-corrected chi connectivity index (χ3v) is 4.16. The highest BCUT2D eigenvalue weighted by atomic mass is 35.5. The van der Waals surface area contributed by atoms with Crippen molar-refractivity contribution in [2.45, 2.75) is 33.6 Å². The van der Waals surface area contributed by atoms with Crippen LogP contribution in [0.5, 0.6) is 11.5 Å². The van der Waals surface area contributed by atoms with E-state index in [1.807, 2.05) is 32.9 Å². The van der Waals surface area contributed by atoms with Crippen molar-refractivity contribution in [3.05, 3.63) is 58.1 Å². The summed E-state index contributed by atoms with van der Waals surface area (Å²) in [5.41, 5.74) is 2.39. The lowest BCUT2D eigenvalue weighted by atomic mass is 10.0. The summed E-state index contributed by atoms with van der Waals surface area (Å²) >= 11 is 6.16. The molecule has 0 heterocycles. The number of ketones is 1. The van der Waals surface area contributed by atoms with Crippen LogP contribution in [0.4, 0.5) is 0 Å². The van der Waals surface area contributed by atoms with E-state index in [9.17, 15) is 9.59 Å². The first-order valence-corrected chi connectivity index (χ1v) is 8.40. The molecular formula is C20H21ClO4. The maximum Gasteiger partial charge on any atom is 0.349 e. The van der Waals surface area contributed by atoms with Gasteiger partial charge in [-0.25, -0.2) is 4.79 Å². The van der Waals surface area contributed by atoms with E-state index in [-0.39, 0.29) is 18.3 Å². The number of Topliss-reactive ketones (excluding diaryl/α,β-unsaturated/α-hetero) is 1. The fraction of sp³-hybridized carbons (Fsp3) is 0.300. The van der Waals surface area contributed by atoms with E-state index in [1.54, 1.807) is 24.3 Å². The lowest BCUT2D eigenvalue weighted by Gasteiger charge is -2.15. The van der Waals surface area contributed by atoms with Crippen molar-refractivity contribution in [2.24, 2.45) is 0 Å². The Hall–Kier alpha value is -2.33. The van der Waals surface area contributed by atoms with Gasteiger partial charge in [0, 0.05) is 10.6 Å². The molecule has 0 atom stereocenters. The number of rotatable bonds is 6. The smallest absolute Gasteiger partial charge is 0.349 e. The molecule has 2 aromatic rings. The Labute approximate surface area is 152 Å². The third-order valence-electron chi connectivity index (χ3n) is 3.75. The third kappa shape index (κ3) is 5.07. The van der Waals surface area contributed by atoms with Gasteiger partial charge in [-0.3, -0.25) is 4.79 Å². The van der Waals surface area contributed by atoms with Gasteiger partial charge in [0.15, 0.2) is 12.4 Å². The normalized spacial score (nSPS) is 10.6. The molecule has 0 fully saturated rings. The Bertz CT molecular complexity index is 779. The molecule has 0 amide bonds. The maximum atomic E-state index is 12.0. The monoisotopic (exact) mass is 360 g/mol. The first-order chi connectivity index (χ1) is 11.8. The van der Waals surface area contributed by atoms with E-state index in [2.05, 4.69) is 0 Å². The van der Waals surface area contributed by atoms with Crippen molar-refractivity contribution in [3.8, 4) is 11.5 Å². The summed E-state index contributed by atoms with van der Waals surface area (Å²) in [6.07, 6.45) is 0. The van der Waals surface area contributed by atoms with Gasteiger partial charge < -0.3 is 9.47 Å². The standard InChI is InChI=1S/C20H21ClO4/c1-12(2)17-10-18(21)13(3)9-19(17)24-11-20(23)25-16-7-5-15(6-8-16)14(4)22/h5-10,12H,11H2,1-4H3. The number of ether oxygens (including phenoxy) is 2. The van der Waals surface area contributed by atoms with Gasteiger partial charge in [-0.2, -0.15) is 0 Å². The van der Waals surface area contributed by atoms with E-state index in [0.29, 0.717) is 22.1 Å². The number of carbonyl (C=O) groups is 2. The van der Waals surface area contributed by atoms with Crippen molar-refractivity contribution >= 4 is 23.4 Å². The summed E-state index contributed by atoms with van der Waals surface area (Å²) in [5.74, 6) is 0.650. The summed E-state index contributed by atoms with van der Waals surface area (Å²) in [7, 11) is 0. The summed E-state index contributed by atoms with van der Waals surface area (Å²) < 4.78 is 10.9. The molecule has 0 saturated carbocycles. The molecule has 0 radical (unpaired) electrons. The topological polar surface area (TPSA) is 52.6 Å². The van der Waals surface area contributed by atoms with Gasteiger partial charge in [0.2, 0.25) is 0 Å².